The third-order valence-corrected chi connectivity index (χ3v) is 8.63. The number of rotatable bonds is 12. The summed E-state index contributed by atoms with van der Waals surface area (Å²) in [6.45, 7) is 12.6. The molecule has 1 aliphatic rings. The van der Waals surface area contributed by atoms with Crippen molar-refractivity contribution < 1.29 is 14.6 Å². The fourth-order valence-electron chi connectivity index (χ4n) is 6.50. The molecule has 1 aliphatic carbocycles. The van der Waals surface area contributed by atoms with Crippen LogP contribution in [0.4, 0.5) is 0 Å². The highest BCUT2D eigenvalue weighted by Crippen LogP contribution is 2.38. The van der Waals surface area contributed by atoms with E-state index < -0.39 is 0 Å². The van der Waals surface area contributed by atoms with Crippen LogP contribution in [0.25, 0.3) is 22.3 Å². The number of benzene rings is 3. The maximum atomic E-state index is 12.0. The number of aryl methyl sites for hydroxylation is 4. The Morgan fingerprint density at radius 2 is 1.63 bits per heavy atom. The van der Waals surface area contributed by atoms with E-state index in [-0.39, 0.29) is 12.6 Å². The van der Waals surface area contributed by atoms with Crippen LogP contribution in [-0.2, 0) is 28.8 Å². The van der Waals surface area contributed by atoms with Gasteiger partial charge in [-0.3, -0.25) is 0 Å². The summed E-state index contributed by atoms with van der Waals surface area (Å²) >= 11 is 0. The van der Waals surface area contributed by atoms with Crippen LogP contribution in [-0.4, -0.2) is 24.3 Å². The van der Waals surface area contributed by atoms with Gasteiger partial charge in [-0.15, -0.1) is 0 Å². The molecule has 3 nitrogen and oxygen atoms in total. The van der Waals surface area contributed by atoms with E-state index in [0.717, 1.165) is 25.2 Å². The highest BCUT2D eigenvalue weighted by Gasteiger charge is 2.18. The average molecular weight is 553 g/mol. The molecule has 0 aliphatic heterocycles. The van der Waals surface area contributed by atoms with Gasteiger partial charge in [-0.2, -0.15) is 0 Å². The van der Waals surface area contributed by atoms with Crippen LogP contribution >= 0.6 is 0 Å². The maximum Gasteiger partial charge on any atom is 0.333 e. The molecule has 218 valence electrons. The number of aliphatic hydroxyl groups excluding tert-OH is 1. The van der Waals surface area contributed by atoms with Gasteiger partial charge >= 0.3 is 5.97 Å². The molecular weight excluding hydrogens is 504 g/mol. The van der Waals surface area contributed by atoms with Crippen molar-refractivity contribution in [1.29, 1.82) is 0 Å². The van der Waals surface area contributed by atoms with E-state index in [1.165, 1.54) is 87.7 Å². The van der Waals surface area contributed by atoms with Crippen molar-refractivity contribution in [2.24, 2.45) is 0 Å². The van der Waals surface area contributed by atoms with Gasteiger partial charge in [0.25, 0.3) is 0 Å². The molecule has 0 radical (unpaired) electrons. The molecule has 0 amide bonds. The van der Waals surface area contributed by atoms with Crippen molar-refractivity contribution in [3.8, 4) is 22.3 Å². The predicted octanol–water partition coefficient (Wildman–Crippen LogP) is 9.22. The first-order valence-electron chi connectivity index (χ1n) is 15.6. The van der Waals surface area contributed by atoms with Gasteiger partial charge in [-0.1, -0.05) is 87.7 Å². The van der Waals surface area contributed by atoms with Gasteiger partial charge in [0.05, 0.1) is 6.61 Å². The Labute approximate surface area is 247 Å². The summed E-state index contributed by atoms with van der Waals surface area (Å²) in [6, 6.07) is 18.6. The first kappa shape index (κ1) is 30.8. The van der Waals surface area contributed by atoms with E-state index in [2.05, 4.69) is 75.9 Å². The standard InChI is InChI=1S/C38H48O3/c1-6-11-33-25-35(36-18-17-31(22-27(36)4)29-12-8-7-9-13-29)23-28(5)37(33)34-16-15-30(14-10-20-39)32(24-34)19-21-41-38(40)26(2)3/h15-18,22-25,29,39H,2,6-14,19-21H2,1,3-5H3. The Balaban J connectivity index is 1.68. The van der Waals surface area contributed by atoms with Gasteiger partial charge in [0, 0.05) is 18.6 Å². The lowest BCUT2D eigenvalue weighted by Crippen LogP contribution is -2.09. The van der Waals surface area contributed by atoms with Crippen LogP contribution in [0.5, 0.6) is 0 Å². The number of hydrogen-bond acceptors (Lipinski definition) is 3. The van der Waals surface area contributed by atoms with Gasteiger partial charge in [0.1, 0.15) is 0 Å². The summed E-state index contributed by atoms with van der Waals surface area (Å²) < 4.78 is 5.43. The molecule has 3 aromatic carbocycles. The number of aliphatic hydroxyl groups is 1. The van der Waals surface area contributed by atoms with Crippen LogP contribution < -0.4 is 0 Å². The topological polar surface area (TPSA) is 46.5 Å². The molecule has 1 fully saturated rings. The predicted molar refractivity (Wildman–Crippen MR) is 171 cm³/mol. The first-order chi connectivity index (χ1) is 19.8. The van der Waals surface area contributed by atoms with Gasteiger partial charge < -0.3 is 9.84 Å². The fourth-order valence-corrected chi connectivity index (χ4v) is 6.50. The van der Waals surface area contributed by atoms with E-state index in [9.17, 15) is 9.90 Å². The molecule has 4 rings (SSSR count). The SMILES string of the molecule is C=C(C)C(=O)OCCc1cc(-c2c(C)cc(-c3ccc(C4CCCCC4)cc3C)cc2CCC)ccc1CCCO. The lowest BCUT2D eigenvalue weighted by atomic mass is 9.82. The summed E-state index contributed by atoms with van der Waals surface area (Å²) in [6.07, 6.45) is 11.0. The quantitative estimate of drug-likeness (QED) is 0.180. The van der Waals surface area contributed by atoms with Crippen molar-refractivity contribution in [2.75, 3.05) is 13.2 Å². The number of carbonyl (C=O) groups excluding carboxylic acids is 1. The van der Waals surface area contributed by atoms with Gasteiger partial charge in [0.2, 0.25) is 0 Å². The minimum absolute atomic E-state index is 0.161. The summed E-state index contributed by atoms with van der Waals surface area (Å²) in [4.78, 5) is 12.0. The second kappa shape index (κ2) is 14.6. The summed E-state index contributed by atoms with van der Waals surface area (Å²) in [5.41, 5.74) is 13.5. The Morgan fingerprint density at radius 3 is 2.32 bits per heavy atom. The highest BCUT2D eigenvalue weighted by molar-refractivity contribution is 5.87. The third-order valence-electron chi connectivity index (χ3n) is 8.63. The molecule has 1 saturated carbocycles. The van der Waals surface area contributed by atoms with Crippen molar-refractivity contribution in [3.05, 3.63) is 94.1 Å². The molecule has 0 aromatic heterocycles. The lowest BCUT2D eigenvalue weighted by molar-refractivity contribution is -0.138. The highest BCUT2D eigenvalue weighted by atomic mass is 16.5. The second-order valence-electron chi connectivity index (χ2n) is 12.0. The molecule has 3 aromatic rings. The molecule has 0 saturated heterocycles. The van der Waals surface area contributed by atoms with Crippen LogP contribution in [0.1, 0.15) is 98.1 Å². The monoisotopic (exact) mass is 552 g/mol. The molecule has 3 heteroatoms. The van der Waals surface area contributed by atoms with E-state index in [1.807, 2.05) is 0 Å². The van der Waals surface area contributed by atoms with Crippen molar-refractivity contribution in [2.45, 2.75) is 97.8 Å². The number of esters is 1. The van der Waals surface area contributed by atoms with Crippen LogP contribution in [0.3, 0.4) is 0 Å². The molecule has 0 spiro atoms. The van der Waals surface area contributed by atoms with Crippen LogP contribution in [0.2, 0.25) is 0 Å². The molecule has 0 bridgehead atoms. The van der Waals surface area contributed by atoms with Crippen LogP contribution in [0.15, 0.2) is 60.7 Å². The lowest BCUT2D eigenvalue weighted by Gasteiger charge is -2.23. The molecule has 0 heterocycles. The molecule has 1 N–H and O–H groups in total. The number of carbonyl (C=O) groups is 1. The summed E-state index contributed by atoms with van der Waals surface area (Å²) in [5, 5.41) is 9.43. The minimum Gasteiger partial charge on any atom is -0.462 e. The number of hydrogen-bond donors (Lipinski definition) is 1. The minimum atomic E-state index is -0.350. The molecule has 0 atom stereocenters. The average Bonchev–Trinajstić information content (AvgIpc) is 2.96. The molecule has 41 heavy (non-hydrogen) atoms. The van der Waals surface area contributed by atoms with Crippen molar-refractivity contribution in [3.63, 3.8) is 0 Å². The molecule has 0 unspecified atom stereocenters. The van der Waals surface area contributed by atoms with E-state index >= 15 is 0 Å². The Bertz CT molecular complexity index is 1360. The Kier molecular flexibility index (Phi) is 11.0. The third kappa shape index (κ3) is 7.77. The van der Waals surface area contributed by atoms with Crippen molar-refractivity contribution >= 4 is 5.97 Å². The van der Waals surface area contributed by atoms with E-state index in [4.69, 9.17) is 4.74 Å². The second-order valence-corrected chi connectivity index (χ2v) is 12.0. The summed E-state index contributed by atoms with van der Waals surface area (Å²) in [5.74, 6) is 0.368. The van der Waals surface area contributed by atoms with E-state index in [0.29, 0.717) is 25.0 Å². The largest absolute Gasteiger partial charge is 0.462 e. The van der Waals surface area contributed by atoms with Gasteiger partial charge in [0.15, 0.2) is 0 Å². The zero-order chi connectivity index (χ0) is 29.4. The Hall–Kier alpha value is -3.17. The first-order valence-corrected chi connectivity index (χ1v) is 15.6. The van der Waals surface area contributed by atoms with Crippen molar-refractivity contribution in [1.82, 2.24) is 0 Å². The smallest absolute Gasteiger partial charge is 0.333 e. The normalized spacial score (nSPS) is 13.8. The maximum absolute atomic E-state index is 12.0. The Morgan fingerprint density at radius 1 is 0.878 bits per heavy atom. The van der Waals surface area contributed by atoms with Crippen LogP contribution in [0, 0.1) is 13.8 Å². The fraction of sp³-hybridized carbons (Fsp3) is 0.447. The van der Waals surface area contributed by atoms with Gasteiger partial charge in [-0.25, -0.2) is 4.79 Å². The molecular formula is C38H48O3. The van der Waals surface area contributed by atoms with Gasteiger partial charge in [-0.05, 0) is 114 Å². The zero-order valence-electron chi connectivity index (χ0n) is 25.7. The van der Waals surface area contributed by atoms with E-state index in [1.54, 1.807) is 6.92 Å². The number of ether oxygens (including phenoxy) is 1. The zero-order valence-corrected chi connectivity index (χ0v) is 25.7. The summed E-state index contributed by atoms with van der Waals surface area (Å²) in [7, 11) is 0.